The minimum absolute atomic E-state index is 0.140. The molecule has 1 fully saturated rings. The number of hydrogen-bond acceptors (Lipinski definition) is 4. The highest BCUT2D eigenvalue weighted by molar-refractivity contribution is 7.99. The number of aliphatic carboxylic acids is 1. The highest BCUT2D eigenvalue weighted by atomic mass is 32.2. The largest absolute Gasteiger partial charge is 0.481 e. The molecule has 0 radical (unpaired) electrons. The number of aromatic nitrogens is 2. The predicted molar refractivity (Wildman–Crippen MR) is 71.7 cm³/mol. The maximum Gasteiger partial charge on any atom is 0.304 e. The number of carbonyl (C=O) groups is 1. The third-order valence-electron chi connectivity index (χ3n) is 3.47. The van der Waals surface area contributed by atoms with E-state index in [9.17, 15) is 4.79 Å². The lowest BCUT2D eigenvalue weighted by Crippen LogP contribution is -2.43. The Morgan fingerprint density at radius 3 is 3.06 bits per heavy atom. The normalized spacial score (nSPS) is 21.1. The van der Waals surface area contributed by atoms with Crippen molar-refractivity contribution < 1.29 is 9.90 Å². The van der Waals surface area contributed by atoms with Gasteiger partial charge in [0.15, 0.2) is 0 Å². The number of carboxylic acids is 1. The molecule has 1 atom stereocenters. The van der Waals surface area contributed by atoms with Crippen LogP contribution in [0.2, 0.25) is 0 Å². The Labute approximate surface area is 111 Å². The van der Waals surface area contributed by atoms with Gasteiger partial charge in [0, 0.05) is 48.9 Å². The van der Waals surface area contributed by atoms with Crippen LogP contribution >= 0.6 is 11.8 Å². The molecule has 18 heavy (non-hydrogen) atoms. The van der Waals surface area contributed by atoms with Gasteiger partial charge in [-0.1, -0.05) is 0 Å². The first-order valence-electron chi connectivity index (χ1n) is 6.09. The zero-order valence-electron chi connectivity index (χ0n) is 10.8. The van der Waals surface area contributed by atoms with Crippen LogP contribution in [0.3, 0.4) is 0 Å². The summed E-state index contributed by atoms with van der Waals surface area (Å²) in [4.78, 5) is 13.2. The van der Waals surface area contributed by atoms with Gasteiger partial charge in [0.2, 0.25) is 0 Å². The van der Waals surface area contributed by atoms with Gasteiger partial charge in [-0.2, -0.15) is 16.9 Å². The zero-order chi connectivity index (χ0) is 13.1. The van der Waals surface area contributed by atoms with Crippen LogP contribution < -0.4 is 0 Å². The van der Waals surface area contributed by atoms with Gasteiger partial charge in [0.05, 0.1) is 12.6 Å². The number of rotatable bonds is 4. The summed E-state index contributed by atoms with van der Waals surface area (Å²) in [5.74, 6) is 1.27. The molecule has 1 aromatic rings. The molecule has 0 aromatic carbocycles. The summed E-state index contributed by atoms with van der Waals surface area (Å²) < 4.78 is 1.86. The lowest BCUT2D eigenvalue weighted by atomic mass is 10.1. The van der Waals surface area contributed by atoms with Crippen LogP contribution in [0.25, 0.3) is 0 Å². The van der Waals surface area contributed by atoms with Crippen molar-refractivity contribution in [3.05, 3.63) is 17.5 Å². The molecule has 1 aromatic heterocycles. The molecule has 2 heterocycles. The van der Waals surface area contributed by atoms with E-state index in [4.69, 9.17) is 5.11 Å². The van der Waals surface area contributed by atoms with Crippen LogP contribution in [0.4, 0.5) is 0 Å². The Morgan fingerprint density at radius 2 is 2.44 bits per heavy atom. The van der Waals surface area contributed by atoms with E-state index in [0.717, 1.165) is 30.3 Å². The maximum atomic E-state index is 10.9. The van der Waals surface area contributed by atoms with E-state index >= 15 is 0 Å². The van der Waals surface area contributed by atoms with Gasteiger partial charge >= 0.3 is 5.97 Å². The average Bonchev–Trinajstić information content (AvgIpc) is 2.63. The van der Waals surface area contributed by atoms with E-state index in [1.807, 2.05) is 36.6 Å². The fraction of sp³-hybridized carbons (Fsp3) is 0.667. The van der Waals surface area contributed by atoms with Gasteiger partial charge in [-0.05, 0) is 6.92 Å². The Hall–Kier alpha value is -1.01. The topological polar surface area (TPSA) is 58.4 Å². The van der Waals surface area contributed by atoms with Gasteiger partial charge in [0.1, 0.15) is 0 Å². The molecule has 1 unspecified atom stereocenters. The third kappa shape index (κ3) is 3.05. The molecule has 6 heteroatoms. The first kappa shape index (κ1) is 13.4. The van der Waals surface area contributed by atoms with Crippen molar-refractivity contribution >= 4 is 17.7 Å². The SMILES string of the molecule is Cc1c(CN2CCSCC2CC(=O)O)cnn1C. The van der Waals surface area contributed by atoms with Gasteiger partial charge < -0.3 is 5.11 Å². The summed E-state index contributed by atoms with van der Waals surface area (Å²) in [7, 11) is 1.93. The number of hydrogen-bond donors (Lipinski definition) is 1. The van der Waals surface area contributed by atoms with Crippen LogP contribution in [0.15, 0.2) is 6.20 Å². The van der Waals surface area contributed by atoms with Gasteiger partial charge in [0.25, 0.3) is 0 Å². The van der Waals surface area contributed by atoms with E-state index < -0.39 is 5.97 Å². The monoisotopic (exact) mass is 269 g/mol. The van der Waals surface area contributed by atoms with Crippen LogP contribution in [0, 0.1) is 6.92 Å². The summed E-state index contributed by atoms with van der Waals surface area (Å²) in [6.45, 7) is 3.81. The number of carboxylic acid groups (broad SMARTS) is 1. The van der Waals surface area contributed by atoms with Gasteiger partial charge in [-0.15, -0.1) is 0 Å². The Balaban J connectivity index is 2.05. The molecule has 5 nitrogen and oxygen atoms in total. The van der Waals surface area contributed by atoms with Crippen molar-refractivity contribution in [1.82, 2.24) is 14.7 Å². The quantitative estimate of drug-likeness (QED) is 0.887. The van der Waals surface area contributed by atoms with Crippen LogP contribution in [0.1, 0.15) is 17.7 Å². The van der Waals surface area contributed by atoms with Gasteiger partial charge in [-0.25, -0.2) is 0 Å². The van der Waals surface area contributed by atoms with Crippen molar-refractivity contribution in [2.45, 2.75) is 25.9 Å². The third-order valence-corrected chi connectivity index (χ3v) is 4.56. The molecule has 0 bridgehead atoms. The first-order valence-corrected chi connectivity index (χ1v) is 7.24. The second-order valence-corrected chi connectivity index (χ2v) is 5.83. The highest BCUT2D eigenvalue weighted by Crippen LogP contribution is 2.22. The second kappa shape index (κ2) is 5.75. The second-order valence-electron chi connectivity index (χ2n) is 4.68. The van der Waals surface area contributed by atoms with E-state index in [2.05, 4.69) is 10.00 Å². The van der Waals surface area contributed by atoms with E-state index in [0.29, 0.717) is 0 Å². The first-order chi connectivity index (χ1) is 8.58. The predicted octanol–water partition coefficient (Wildman–Crippen LogP) is 1.12. The fourth-order valence-electron chi connectivity index (χ4n) is 2.21. The molecule has 0 amide bonds. The van der Waals surface area contributed by atoms with Gasteiger partial charge in [-0.3, -0.25) is 14.4 Å². The average molecular weight is 269 g/mol. The standard InChI is InChI=1S/C12H19N3O2S/c1-9-10(6-13-14(9)2)7-15-3-4-18-8-11(15)5-12(16)17/h6,11H,3-5,7-8H2,1-2H3,(H,16,17). The lowest BCUT2D eigenvalue weighted by molar-refractivity contribution is -0.138. The number of thioether (sulfide) groups is 1. The molecule has 0 aliphatic carbocycles. The zero-order valence-corrected chi connectivity index (χ0v) is 11.6. The number of aryl methyl sites for hydroxylation is 1. The molecule has 0 saturated carbocycles. The van der Waals surface area contributed by atoms with E-state index in [1.54, 1.807) is 0 Å². The van der Waals surface area contributed by atoms with Crippen molar-refractivity contribution in [2.24, 2.45) is 7.05 Å². The summed E-state index contributed by atoms with van der Waals surface area (Å²) in [6.07, 6.45) is 2.11. The van der Waals surface area contributed by atoms with Crippen LogP contribution in [0.5, 0.6) is 0 Å². The smallest absolute Gasteiger partial charge is 0.304 e. The molecule has 1 saturated heterocycles. The van der Waals surface area contributed by atoms with Crippen molar-refractivity contribution in [3.8, 4) is 0 Å². The fourth-order valence-corrected chi connectivity index (χ4v) is 3.34. The summed E-state index contributed by atoms with van der Waals surface area (Å²) in [5.41, 5.74) is 2.35. The highest BCUT2D eigenvalue weighted by Gasteiger charge is 2.25. The Kier molecular flexibility index (Phi) is 4.29. The maximum absolute atomic E-state index is 10.9. The summed E-state index contributed by atoms with van der Waals surface area (Å²) in [6, 6.07) is 0.140. The van der Waals surface area contributed by atoms with Crippen LogP contribution in [-0.4, -0.2) is 49.8 Å². The molecule has 1 aliphatic heterocycles. The molecule has 1 N–H and O–H groups in total. The number of nitrogens with zero attached hydrogens (tertiary/aromatic N) is 3. The Bertz CT molecular complexity index is 433. The van der Waals surface area contributed by atoms with Crippen molar-refractivity contribution in [1.29, 1.82) is 0 Å². The van der Waals surface area contributed by atoms with Crippen LogP contribution in [-0.2, 0) is 18.4 Å². The van der Waals surface area contributed by atoms with E-state index in [1.165, 1.54) is 5.56 Å². The molecular weight excluding hydrogens is 250 g/mol. The van der Waals surface area contributed by atoms with Crippen molar-refractivity contribution in [3.63, 3.8) is 0 Å². The molecular formula is C12H19N3O2S. The molecule has 1 aliphatic rings. The summed E-state index contributed by atoms with van der Waals surface area (Å²) in [5, 5.41) is 13.2. The van der Waals surface area contributed by atoms with E-state index in [-0.39, 0.29) is 12.5 Å². The minimum Gasteiger partial charge on any atom is -0.481 e. The molecule has 0 spiro atoms. The molecule has 2 rings (SSSR count). The summed E-state index contributed by atoms with van der Waals surface area (Å²) >= 11 is 1.84. The Morgan fingerprint density at radius 1 is 1.67 bits per heavy atom. The molecule has 100 valence electrons. The van der Waals surface area contributed by atoms with Crippen molar-refractivity contribution in [2.75, 3.05) is 18.1 Å². The minimum atomic E-state index is -0.713. The lowest BCUT2D eigenvalue weighted by Gasteiger charge is -2.34.